The summed E-state index contributed by atoms with van der Waals surface area (Å²) >= 11 is 0. The molecule has 40 heavy (non-hydrogen) atoms. The zero-order chi connectivity index (χ0) is 29.5. The quantitative estimate of drug-likeness (QED) is 0.199. The lowest BCUT2D eigenvalue weighted by Gasteiger charge is -2.17. The number of halogens is 4. The summed E-state index contributed by atoms with van der Waals surface area (Å²) in [5, 5.41) is 24.1. The molecule has 0 radical (unpaired) electrons. The number of nitrogens with zero attached hydrogens (tertiary/aromatic N) is 2. The number of amides is 2. The van der Waals surface area contributed by atoms with Crippen LogP contribution in [0.4, 0.5) is 33.7 Å². The average molecular weight is 579 g/mol. The Bertz CT molecular complexity index is 1660. The number of pyridine rings is 1. The molecule has 2 amide bonds. The molecule has 2 aromatic carbocycles. The van der Waals surface area contributed by atoms with Gasteiger partial charge >= 0.3 is 27.6 Å². The first kappa shape index (κ1) is 28.3. The highest BCUT2D eigenvalue weighted by molar-refractivity contribution is 7.88. The number of alkyl halides is 3. The molecule has 0 aliphatic heterocycles. The summed E-state index contributed by atoms with van der Waals surface area (Å²) in [4.78, 5) is 27.9. The molecular formula is C25H18F4N4O6S. The monoisotopic (exact) mass is 578 g/mol. The highest BCUT2D eigenvalue weighted by Gasteiger charge is 2.54. The van der Waals surface area contributed by atoms with E-state index in [1.807, 2.05) is 0 Å². The van der Waals surface area contributed by atoms with E-state index in [-0.39, 0.29) is 41.0 Å². The second-order valence-electron chi connectivity index (χ2n) is 8.86. The van der Waals surface area contributed by atoms with Gasteiger partial charge in [-0.1, -0.05) is 18.2 Å². The lowest BCUT2D eigenvalue weighted by Crippen LogP contribution is -2.29. The first-order chi connectivity index (χ1) is 18.7. The number of urea groups is 1. The number of hydrogen-bond acceptors (Lipinski definition) is 7. The Hall–Kier alpha value is -4.71. The van der Waals surface area contributed by atoms with Crippen LogP contribution in [0.25, 0.3) is 11.1 Å². The van der Waals surface area contributed by atoms with E-state index in [1.54, 1.807) is 13.0 Å². The van der Waals surface area contributed by atoms with E-state index in [9.17, 15) is 45.9 Å². The number of carboxylic acid groups (broad SMARTS) is 1. The van der Waals surface area contributed by atoms with Gasteiger partial charge in [0.05, 0.1) is 11.4 Å². The molecular weight excluding hydrogens is 560 g/mol. The molecule has 3 N–H and O–H groups in total. The van der Waals surface area contributed by atoms with Crippen LogP contribution < -0.4 is 14.8 Å². The smallest absolute Gasteiger partial charge is 0.481 e. The molecule has 1 aliphatic carbocycles. The number of hydrogen-bond donors (Lipinski definition) is 3. The van der Waals surface area contributed by atoms with Gasteiger partial charge in [0.1, 0.15) is 22.9 Å². The zero-order valence-corrected chi connectivity index (χ0v) is 21.2. The minimum Gasteiger partial charge on any atom is -0.481 e. The molecule has 0 unspecified atom stereocenters. The van der Waals surface area contributed by atoms with Crippen LogP contribution in [-0.2, 0) is 20.3 Å². The lowest BCUT2D eigenvalue weighted by molar-refractivity contribution is -0.140. The molecule has 3 aromatic rings. The van der Waals surface area contributed by atoms with Crippen molar-refractivity contribution < 1.29 is 44.9 Å². The van der Waals surface area contributed by atoms with Crippen LogP contribution in [0.2, 0.25) is 0 Å². The summed E-state index contributed by atoms with van der Waals surface area (Å²) in [5.41, 5.74) is -7.57. The van der Waals surface area contributed by atoms with Crippen LogP contribution in [0.3, 0.4) is 0 Å². The third-order valence-electron chi connectivity index (χ3n) is 6.04. The van der Waals surface area contributed by atoms with Crippen molar-refractivity contribution in [3.63, 3.8) is 0 Å². The van der Waals surface area contributed by atoms with Crippen molar-refractivity contribution >= 4 is 33.5 Å². The first-order valence-electron chi connectivity index (χ1n) is 11.3. The highest BCUT2D eigenvalue weighted by atomic mass is 32.2. The van der Waals surface area contributed by atoms with Gasteiger partial charge in [-0.15, -0.1) is 0 Å². The van der Waals surface area contributed by atoms with E-state index < -0.39 is 50.3 Å². The number of carboxylic acids is 1. The summed E-state index contributed by atoms with van der Waals surface area (Å²) < 4.78 is 80.5. The minimum absolute atomic E-state index is 0.0640. The number of carbonyl (C=O) groups is 2. The van der Waals surface area contributed by atoms with Crippen LogP contribution in [-0.4, -0.2) is 36.0 Å². The number of nitriles is 1. The highest BCUT2D eigenvalue weighted by Crippen LogP contribution is 2.49. The number of aromatic nitrogens is 1. The third kappa shape index (κ3) is 5.52. The second kappa shape index (κ2) is 10.1. The molecule has 15 heteroatoms. The van der Waals surface area contributed by atoms with Crippen molar-refractivity contribution in [2.24, 2.45) is 0 Å². The molecule has 1 aliphatic rings. The van der Waals surface area contributed by atoms with Gasteiger partial charge in [-0.2, -0.15) is 26.9 Å². The number of aliphatic carboxylic acids is 1. The minimum atomic E-state index is -6.24. The summed E-state index contributed by atoms with van der Waals surface area (Å²) in [6.45, 7) is 1.71. The second-order valence-corrected chi connectivity index (χ2v) is 10.4. The fraction of sp³-hybridized carbons (Fsp3) is 0.200. The maximum absolute atomic E-state index is 13.9. The maximum Gasteiger partial charge on any atom is 0.534 e. The van der Waals surface area contributed by atoms with Crippen molar-refractivity contribution in [3.05, 3.63) is 71.2 Å². The molecule has 4 rings (SSSR count). The van der Waals surface area contributed by atoms with Crippen LogP contribution in [0.1, 0.15) is 29.7 Å². The van der Waals surface area contributed by atoms with Crippen molar-refractivity contribution in [1.29, 1.82) is 5.26 Å². The normalized spacial score (nSPS) is 14.1. The van der Waals surface area contributed by atoms with E-state index in [0.717, 1.165) is 0 Å². The molecule has 1 aromatic heterocycles. The number of benzene rings is 2. The standard InChI is InChI=1S/C25H18F4N4O6S/c1-13-2-7-18(26)19(10-13)32-23(36)31-15-5-3-14(4-6-15)16-11-20(24(8-9-24)22(34)35)33-21(17(16)12-30)39-40(37,38)25(27,28)29/h2-7,10-11H,8-9H2,1H3,(H,34,35)(H2,31,32,36). The molecule has 1 heterocycles. The van der Waals surface area contributed by atoms with Gasteiger partial charge in [-0.25, -0.2) is 14.2 Å². The van der Waals surface area contributed by atoms with Crippen molar-refractivity contribution in [3.8, 4) is 23.1 Å². The predicted molar refractivity (Wildman–Crippen MR) is 132 cm³/mol. The van der Waals surface area contributed by atoms with Gasteiger partial charge in [-0.05, 0) is 61.2 Å². The van der Waals surface area contributed by atoms with Gasteiger partial charge in [0.25, 0.3) is 5.88 Å². The molecule has 1 fully saturated rings. The Morgan fingerprint density at radius 3 is 2.30 bits per heavy atom. The Kier molecular flexibility index (Phi) is 7.16. The average Bonchev–Trinajstić information content (AvgIpc) is 3.68. The first-order valence-corrected chi connectivity index (χ1v) is 12.7. The number of anilines is 2. The van der Waals surface area contributed by atoms with Crippen LogP contribution in [0, 0.1) is 24.1 Å². The van der Waals surface area contributed by atoms with Gasteiger partial charge in [-0.3, -0.25) is 4.79 Å². The van der Waals surface area contributed by atoms with E-state index in [0.29, 0.717) is 5.56 Å². The number of aryl methyl sites for hydroxylation is 1. The Labute approximate surface area is 224 Å². The van der Waals surface area contributed by atoms with Gasteiger partial charge in [0.15, 0.2) is 0 Å². The van der Waals surface area contributed by atoms with E-state index in [1.165, 1.54) is 48.5 Å². The van der Waals surface area contributed by atoms with Crippen molar-refractivity contribution in [2.45, 2.75) is 30.7 Å². The Morgan fingerprint density at radius 2 is 1.75 bits per heavy atom. The number of rotatable bonds is 7. The zero-order valence-electron chi connectivity index (χ0n) is 20.3. The molecule has 0 atom stereocenters. The van der Waals surface area contributed by atoms with Gasteiger partial charge in [0.2, 0.25) is 0 Å². The Balaban J connectivity index is 1.69. The molecule has 10 nitrogen and oxygen atoms in total. The van der Waals surface area contributed by atoms with Crippen molar-refractivity contribution in [2.75, 3.05) is 10.6 Å². The largest absolute Gasteiger partial charge is 0.534 e. The fourth-order valence-electron chi connectivity index (χ4n) is 3.77. The third-order valence-corrected chi connectivity index (χ3v) is 6.99. The van der Waals surface area contributed by atoms with Gasteiger partial charge < -0.3 is 19.9 Å². The fourth-order valence-corrected chi connectivity index (χ4v) is 4.19. The van der Waals surface area contributed by atoms with Crippen LogP contribution in [0.15, 0.2) is 48.5 Å². The summed E-state index contributed by atoms with van der Waals surface area (Å²) in [6, 6.07) is 11.4. The molecule has 0 saturated heterocycles. The van der Waals surface area contributed by atoms with E-state index in [2.05, 4.69) is 19.8 Å². The number of nitrogens with one attached hydrogen (secondary N) is 2. The molecule has 0 bridgehead atoms. The summed E-state index contributed by atoms with van der Waals surface area (Å²) in [6.07, 6.45) is 0.150. The SMILES string of the molecule is Cc1ccc(F)c(NC(=O)Nc2ccc(-c3cc(C4(C(=O)O)CC4)nc(OS(=O)(=O)C(F)(F)F)c3C#N)cc2)c1. The topological polar surface area (TPSA) is 158 Å². The lowest BCUT2D eigenvalue weighted by atomic mass is 9.95. The molecule has 208 valence electrons. The molecule has 0 spiro atoms. The summed E-state index contributed by atoms with van der Waals surface area (Å²) in [5.74, 6) is -3.22. The molecule has 1 saturated carbocycles. The Morgan fingerprint density at radius 1 is 1.10 bits per heavy atom. The van der Waals surface area contributed by atoms with Crippen molar-refractivity contribution in [1.82, 2.24) is 4.98 Å². The van der Waals surface area contributed by atoms with Crippen LogP contribution >= 0.6 is 0 Å². The number of carbonyl (C=O) groups excluding carboxylic acids is 1. The van der Waals surface area contributed by atoms with Crippen LogP contribution in [0.5, 0.6) is 5.88 Å². The summed E-state index contributed by atoms with van der Waals surface area (Å²) in [7, 11) is -6.24. The van der Waals surface area contributed by atoms with E-state index >= 15 is 0 Å². The predicted octanol–water partition coefficient (Wildman–Crippen LogP) is 5.06. The maximum atomic E-state index is 13.9. The van der Waals surface area contributed by atoms with Gasteiger partial charge in [0, 0.05) is 11.3 Å². The van der Waals surface area contributed by atoms with E-state index in [4.69, 9.17) is 0 Å².